The molecule has 74 valence electrons. The van der Waals surface area contributed by atoms with Crippen molar-refractivity contribution in [1.82, 2.24) is 0 Å². The van der Waals surface area contributed by atoms with Gasteiger partial charge in [0.2, 0.25) is 0 Å². The SMILES string of the molecule is CC1CCC2(C1)[C@H]1CCC(C1)[C@H]2N. The van der Waals surface area contributed by atoms with Gasteiger partial charge < -0.3 is 5.73 Å². The maximum Gasteiger partial charge on any atom is 0.0127 e. The van der Waals surface area contributed by atoms with Crippen LogP contribution >= 0.6 is 0 Å². The van der Waals surface area contributed by atoms with Crippen molar-refractivity contribution in [2.24, 2.45) is 28.9 Å². The molecule has 0 aromatic rings. The van der Waals surface area contributed by atoms with Gasteiger partial charge in [0.1, 0.15) is 0 Å². The number of rotatable bonds is 0. The lowest BCUT2D eigenvalue weighted by molar-refractivity contribution is 0.134. The molecule has 0 aromatic heterocycles. The quantitative estimate of drug-likeness (QED) is 0.607. The van der Waals surface area contributed by atoms with Crippen LogP contribution in [0.3, 0.4) is 0 Å². The summed E-state index contributed by atoms with van der Waals surface area (Å²) < 4.78 is 0. The zero-order valence-corrected chi connectivity index (χ0v) is 8.63. The second-order valence-electron chi connectivity index (χ2n) is 5.88. The van der Waals surface area contributed by atoms with Gasteiger partial charge in [-0.25, -0.2) is 0 Å². The van der Waals surface area contributed by atoms with Gasteiger partial charge in [0.25, 0.3) is 0 Å². The Morgan fingerprint density at radius 2 is 2.08 bits per heavy atom. The predicted molar refractivity (Wildman–Crippen MR) is 54.3 cm³/mol. The highest BCUT2D eigenvalue weighted by atomic mass is 14.8. The van der Waals surface area contributed by atoms with E-state index in [4.69, 9.17) is 5.73 Å². The molecule has 1 spiro atoms. The first-order chi connectivity index (χ1) is 6.22. The van der Waals surface area contributed by atoms with Gasteiger partial charge in [-0.3, -0.25) is 0 Å². The highest BCUT2D eigenvalue weighted by Crippen LogP contribution is 2.62. The van der Waals surface area contributed by atoms with E-state index in [1.807, 2.05) is 0 Å². The molecule has 1 heteroatoms. The van der Waals surface area contributed by atoms with Gasteiger partial charge in [-0.15, -0.1) is 0 Å². The smallest absolute Gasteiger partial charge is 0.0127 e. The molecule has 3 saturated carbocycles. The molecule has 3 aliphatic rings. The van der Waals surface area contributed by atoms with E-state index in [-0.39, 0.29) is 0 Å². The Hall–Kier alpha value is -0.0400. The Bertz CT molecular complexity index is 221. The molecule has 0 aliphatic heterocycles. The second-order valence-corrected chi connectivity index (χ2v) is 5.88. The van der Waals surface area contributed by atoms with Crippen LogP contribution < -0.4 is 5.73 Å². The lowest BCUT2D eigenvalue weighted by atomic mass is 9.68. The van der Waals surface area contributed by atoms with Crippen LogP contribution in [-0.4, -0.2) is 6.04 Å². The molecule has 5 atom stereocenters. The number of hydrogen-bond acceptors (Lipinski definition) is 1. The van der Waals surface area contributed by atoms with E-state index >= 15 is 0 Å². The van der Waals surface area contributed by atoms with Crippen LogP contribution in [0, 0.1) is 23.2 Å². The fraction of sp³-hybridized carbons (Fsp3) is 1.00. The van der Waals surface area contributed by atoms with Crippen molar-refractivity contribution in [3.63, 3.8) is 0 Å². The van der Waals surface area contributed by atoms with E-state index in [2.05, 4.69) is 6.92 Å². The largest absolute Gasteiger partial charge is 0.327 e. The minimum absolute atomic E-state index is 0.566. The third kappa shape index (κ3) is 0.918. The summed E-state index contributed by atoms with van der Waals surface area (Å²) in [6, 6.07) is 0.566. The Kier molecular flexibility index (Phi) is 1.59. The van der Waals surface area contributed by atoms with Gasteiger partial charge in [0, 0.05) is 6.04 Å². The summed E-state index contributed by atoms with van der Waals surface area (Å²) in [6.07, 6.45) is 8.71. The highest BCUT2D eigenvalue weighted by Gasteiger charge is 2.58. The van der Waals surface area contributed by atoms with Crippen molar-refractivity contribution in [1.29, 1.82) is 0 Å². The molecule has 0 aromatic carbocycles. The number of nitrogens with two attached hydrogens (primary N) is 1. The average molecular weight is 179 g/mol. The maximum atomic E-state index is 6.42. The lowest BCUT2D eigenvalue weighted by Gasteiger charge is -2.39. The summed E-state index contributed by atoms with van der Waals surface area (Å²) in [6.45, 7) is 2.41. The summed E-state index contributed by atoms with van der Waals surface area (Å²) in [7, 11) is 0. The third-order valence-corrected chi connectivity index (χ3v) is 5.29. The summed E-state index contributed by atoms with van der Waals surface area (Å²) in [5.41, 5.74) is 7.04. The Balaban J connectivity index is 1.90. The van der Waals surface area contributed by atoms with Gasteiger partial charge in [-0.05, 0) is 55.3 Å². The fourth-order valence-electron chi connectivity index (χ4n) is 4.65. The molecule has 0 heterocycles. The summed E-state index contributed by atoms with van der Waals surface area (Å²) >= 11 is 0. The molecule has 3 unspecified atom stereocenters. The first-order valence-corrected chi connectivity index (χ1v) is 5.98. The summed E-state index contributed by atoms with van der Waals surface area (Å²) in [4.78, 5) is 0. The Morgan fingerprint density at radius 1 is 1.23 bits per heavy atom. The van der Waals surface area contributed by atoms with Crippen molar-refractivity contribution >= 4 is 0 Å². The molecule has 3 rings (SSSR count). The minimum Gasteiger partial charge on any atom is -0.327 e. The maximum absolute atomic E-state index is 6.42. The molecule has 0 radical (unpaired) electrons. The van der Waals surface area contributed by atoms with Gasteiger partial charge in [0.05, 0.1) is 0 Å². The fourth-order valence-corrected chi connectivity index (χ4v) is 4.65. The lowest BCUT2D eigenvalue weighted by Crippen LogP contribution is -2.44. The second kappa shape index (κ2) is 2.50. The highest BCUT2D eigenvalue weighted by molar-refractivity contribution is 5.10. The zero-order chi connectivity index (χ0) is 9.05. The number of hydrogen-bond donors (Lipinski definition) is 1. The van der Waals surface area contributed by atoms with Crippen LogP contribution in [0.25, 0.3) is 0 Å². The van der Waals surface area contributed by atoms with Crippen molar-refractivity contribution in [3.8, 4) is 0 Å². The van der Waals surface area contributed by atoms with Crippen LogP contribution in [0.5, 0.6) is 0 Å². The van der Waals surface area contributed by atoms with E-state index in [0.717, 1.165) is 17.8 Å². The zero-order valence-electron chi connectivity index (χ0n) is 8.63. The van der Waals surface area contributed by atoms with Crippen LogP contribution in [-0.2, 0) is 0 Å². The summed E-state index contributed by atoms with van der Waals surface area (Å²) in [5.74, 6) is 2.86. The Labute approximate surface area is 81.1 Å². The van der Waals surface area contributed by atoms with Crippen LogP contribution in [0.2, 0.25) is 0 Å². The monoisotopic (exact) mass is 179 g/mol. The predicted octanol–water partition coefficient (Wildman–Crippen LogP) is 2.55. The van der Waals surface area contributed by atoms with Crippen molar-refractivity contribution < 1.29 is 0 Å². The molecule has 0 saturated heterocycles. The van der Waals surface area contributed by atoms with E-state index in [1.165, 1.54) is 38.5 Å². The molecule has 1 nitrogen and oxygen atoms in total. The molecule has 2 bridgehead atoms. The topological polar surface area (TPSA) is 26.0 Å². The standard InChI is InChI=1S/C12H21N/c1-8-4-5-12(7-8)10-3-2-9(6-10)11(12)13/h8-11H,2-7,13H2,1H3/t8?,9?,10-,11+,12?/m0/s1. The summed E-state index contributed by atoms with van der Waals surface area (Å²) in [5, 5.41) is 0. The Morgan fingerprint density at radius 3 is 2.62 bits per heavy atom. The van der Waals surface area contributed by atoms with Crippen LogP contribution in [0.1, 0.15) is 45.4 Å². The first-order valence-electron chi connectivity index (χ1n) is 5.98. The van der Waals surface area contributed by atoms with E-state index in [0.29, 0.717) is 11.5 Å². The first kappa shape index (κ1) is 8.28. The third-order valence-electron chi connectivity index (χ3n) is 5.29. The molecular formula is C12H21N. The van der Waals surface area contributed by atoms with Crippen molar-refractivity contribution in [2.45, 2.75) is 51.5 Å². The van der Waals surface area contributed by atoms with Gasteiger partial charge >= 0.3 is 0 Å². The van der Waals surface area contributed by atoms with E-state index < -0.39 is 0 Å². The van der Waals surface area contributed by atoms with E-state index in [9.17, 15) is 0 Å². The van der Waals surface area contributed by atoms with Crippen LogP contribution in [0.15, 0.2) is 0 Å². The van der Waals surface area contributed by atoms with Gasteiger partial charge in [0.15, 0.2) is 0 Å². The molecule has 3 fully saturated rings. The normalized spacial score (nSPS) is 59.5. The van der Waals surface area contributed by atoms with Crippen LogP contribution in [0.4, 0.5) is 0 Å². The average Bonchev–Trinajstić information content (AvgIpc) is 2.73. The van der Waals surface area contributed by atoms with E-state index in [1.54, 1.807) is 0 Å². The minimum atomic E-state index is 0.566. The van der Waals surface area contributed by atoms with Crippen molar-refractivity contribution in [3.05, 3.63) is 0 Å². The molecular weight excluding hydrogens is 158 g/mol. The van der Waals surface area contributed by atoms with Gasteiger partial charge in [-0.1, -0.05) is 13.3 Å². The number of fused-ring (bicyclic) bond motifs is 3. The molecule has 0 amide bonds. The molecule has 3 aliphatic carbocycles. The van der Waals surface area contributed by atoms with Gasteiger partial charge in [-0.2, -0.15) is 0 Å². The van der Waals surface area contributed by atoms with Crippen molar-refractivity contribution in [2.75, 3.05) is 0 Å². The molecule has 13 heavy (non-hydrogen) atoms. The molecule has 2 N–H and O–H groups in total.